The van der Waals surface area contributed by atoms with Crippen molar-refractivity contribution in [2.45, 2.75) is 32.6 Å². The van der Waals surface area contributed by atoms with Crippen LogP contribution in [0.4, 0.5) is 0 Å². The average molecular weight is 329 g/mol. The first-order valence-corrected chi connectivity index (χ1v) is 8.52. The summed E-state index contributed by atoms with van der Waals surface area (Å²) in [6.07, 6.45) is 13.1. The van der Waals surface area contributed by atoms with E-state index in [0.717, 1.165) is 24.3 Å². The molecule has 4 atom stereocenters. The van der Waals surface area contributed by atoms with E-state index >= 15 is 0 Å². The van der Waals surface area contributed by atoms with Crippen molar-refractivity contribution >= 4 is 0 Å². The van der Waals surface area contributed by atoms with E-state index in [4.69, 9.17) is 9.47 Å². The minimum absolute atomic E-state index is 0.307. The van der Waals surface area contributed by atoms with Crippen LogP contribution < -0.4 is 0 Å². The number of aliphatic hydroxyl groups excluding tert-OH is 1. The fourth-order valence-electron chi connectivity index (χ4n) is 3.76. The Morgan fingerprint density at radius 2 is 2.12 bits per heavy atom. The number of ether oxygens (including phenoxy) is 2. The van der Waals surface area contributed by atoms with Crippen molar-refractivity contribution in [1.82, 2.24) is 4.90 Å². The summed E-state index contributed by atoms with van der Waals surface area (Å²) in [5.74, 6) is 1.62. The maximum atomic E-state index is 9.96. The summed E-state index contributed by atoms with van der Waals surface area (Å²) in [4.78, 5) is 2.38. The first-order chi connectivity index (χ1) is 11.5. The van der Waals surface area contributed by atoms with Crippen molar-refractivity contribution in [2.75, 3.05) is 20.8 Å². The maximum Gasteiger partial charge on any atom is 0.177 e. The first-order valence-electron chi connectivity index (χ1n) is 8.52. The van der Waals surface area contributed by atoms with Gasteiger partial charge in [-0.2, -0.15) is 0 Å². The van der Waals surface area contributed by atoms with E-state index in [2.05, 4.69) is 49.3 Å². The molecule has 1 N–H and O–H groups in total. The number of nitrogens with zero attached hydrogens (tertiary/aromatic N) is 1. The van der Waals surface area contributed by atoms with Crippen LogP contribution in [0.3, 0.4) is 0 Å². The highest BCUT2D eigenvalue weighted by atomic mass is 16.6. The van der Waals surface area contributed by atoms with E-state index in [-0.39, 0.29) is 0 Å². The lowest BCUT2D eigenvalue weighted by Crippen LogP contribution is -2.34. The second kappa shape index (κ2) is 6.99. The molecule has 0 radical (unpaired) electrons. The zero-order chi connectivity index (χ0) is 17.3. The van der Waals surface area contributed by atoms with Crippen LogP contribution in [-0.2, 0) is 9.47 Å². The molecule has 3 aliphatic rings. The Morgan fingerprint density at radius 3 is 2.83 bits per heavy atom. The molecule has 0 aromatic carbocycles. The van der Waals surface area contributed by atoms with Crippen LogP contribution in [0.1, 0.15) is 20.3 Å². The van der Waals surface area contributed by atoms with Crippen LogP contribution in [0.2, 0.25) is 0 Å². The minimum atomic E-state index is -0.857. The third kappa shape index (κ3) is 3.21. The standard InChI is InChI=1S/C20H27NO3/c1-13-5-6-15-7-8-21(18(15)9-13)12-17-14(2)10-16(20(22)24-4)11-19(17)23-3/h5-9,11,14-15,18,20,22H,10,12H2,1-4H3. The Kier molecular flexibility index (Phi) is 4.97. The summed E-state index contributed by atoms with van der Waals surface area (Å²) in [7, 11) is 3.21. The predicted molar refractivity (Wildman–Crippen MR) is 94.9 cm³/mol. The van der Waals surface area contributed by atoms with Crippen LogP contribution >= 0.6 is 0 Å². The lowest BCUT2D eigenvalue weighted by atomic mass is 9.86. The predicted octanol–water partition coefficient (Wildman–Crippen LogP) is 3.15. The van der Waals surface area contributed by atoms with E-state index in [0.29, 0.717) is 17.9 Å². The van der Waals surface area contributed by atoms with Crippen molar-refractivity contribution in [2.24, 2.45) is 11.8 Å². The molecule has 0 aromatic heterocycles. The van der Waals surface area contributed by atoms with E-state index in [9.17, 15) is 5.11 Å². The monoisotopic (exact) mass is 329 g/mol. The molecule has 0 bridgehead atoms. The Hall–Kier alpha value is -1.78. The third-order valence-corrected chi connectivity index (χ3v) is 5.18. The highest BCUT2D eigenvalue weighted by molar-refractivity contribution is 5.36. The minimum Gasteiger partial charge on any atom is -0.497 e. The van der Waals surface area contributed by atoms with Crippen LogP contribution in [-0.4, -0.2) is 43.1 Å². The van der Waals surface area contributed by atoms with Gasteiger partial charge in [-0.25, -0.2) is 0 Å². The van der Waals surface area contributed by atoms with Gasteiger partial charge in [-0.15, -0.1) is 0 Å². The van der Waals surface area contributed by atoms with Gasteiger partial charge in [0.15, 0.2) is 6.29 Å². The maximum absolute atomic E-state index is 9.96. The van der Waals surface area contributed by atoms with Gasteiger partial charge in [-0.3, -0.25) is 0 Å². The molecular weight excluding hydrogens is 302 g/mol. The number of rotatable bonds is 5. The second-order valence-electron chi connectivity index (χ2n) is 6.86. The Balaban J connectivity index is 1.83. The molecule has 0 aromatic rings. The molecule has 1 aliphatic heterocycles. The Labute approximate surface area is 144 Å². The van der Waals surface area contributed by atoms with Crippen molar-refractivity contribution in [1.29, 1.82) is 0 Å². The van der Waals surface area contributed by atoms with Gasteiger partial charge < -0.3 is 19.5 Å². The largest absolute Gasteiger partial charge is 0.497 e. The number of methoxy groups -OCH3 is 2. The molecule has 24 heavy (non-hydrogen) atoms. The Morgan fingerprint density at radius 1 is 1.33 bits per heavy atom. The molecule has 4 nitrogen and oxygen atoms in total. The highest BCUT2D eigenvalue weighted by Crippen LogP contribution is 2.35. The lowest BCUT2D eigenvalue weighted by molar-refractivity contribution is -0.0481. The second-order valence-corrected chi connectivity index (χ2v) is 6.86. The van der Waals surface area contributed by atoms with Gasteiger partial charge in [0.25, 0.3) is 0 Å². The summed E-state index contributed by atoms with van der Waals surface area (Å²) >= 11 is 0. The van der Waals surface area contributed by atoms with Crippen molar-refractivity contribution in [3.05, 3.63) is 59.1 Å². The molecular formula is C20H27NO3. The van der Waals surface area contributed by atoms with Gasteiger partial charge in [-0.05, 0) is 42.7 Å². The first kappa shape index (κ1) is 17.1. The molecule has 3 rings (SSSR count). The molecule has 0 spiro atoms. The quantitative estimate of drug-likeness (QED) is 0.787. The fraction of sp³-hybridized carbons (Fsp3) is 0.500. The van der Waals surface area contributed by atoms with Gasteiger partial charge in [0.05, 0.1) is 13.2 Å². The van der Waals surface area contributed by atoms with Gasteiger partial charge >= 0.3 is 0 Å². The summed E-state index contributed by atoms with van der Waals surface area (Å²) in [5.41, 5.74) is 3.46. The molecule has 0 saturated carbocycles. The van der Waals surface area contributed by atoms with E-state index in [1.165, 1.54) is 18.3 Å². The summed E-state index contributed by atoms with van der Waals surface area (Å²) in [5, 5.41) is 9.96. The Bertz CT molecular complexity index is 641. The summed E-state index contributed by atoms with van der Waals surface area (Å²) in [6.45, 7) is 5.17. The SMILES string of the molecule is COC1=C(CN2C=CC3C=CC(C)=CC32)C(C)CC(C(O)OC)=C1. The van der Waals surface area contributed by atoms with Crippen molar-refractivity contribution < 1.29 is 14.6 Å². The van der Waals surface area contributed by atoms with E-state index in [1.54, 1.807) is 7.11 Å². The number of hydrogen-bond acceptors (Lipinski definition) is 4. The van der Waals surface area contributed by atoms with Gasteiger partial charge in [0.2, 0.25) is 0 Å². The normalized spacial score (nSPS) is 30.2. The highest BCUT2D eigenvalue weighted by Gasteiger charge is 2.31. The number of fused-ring (bicyclic) bond motifs is 1. The smallest absolute Gasteiger partial charge is 0.177 e. The summed E-state index contributed by atoms with van der Waals surface area (Å²) < 4.78 is 10.7. The van der Waals surface area contributed by atoms with E-state index in [1.807, 2.05) is 6.08 Å². The van der Waals surface area contributed by atoms with Crippen LogP contribution in [0.25, 0.3) is 0 Å². The number of hydrogen-bond donors (Lipinski definition) is 1. The van der Waals surface area contributed by atoms with Crippen LogP contribution in [0, 0.1) is 11.8 Å². The molecule has 4 unspecified atom stereocenters. The number of aliphatic hydroxyl groups is 1. The molecule has 130 valence electrons. The molecule has 0 amide bonds. The summed E-state index contributed by atoms with van der Waals surface area (Å²) in [6, 6.07) is 0.391. The molecule has 2 aliphatic carbocycles. The van der Waals surface area contributed by atoms with E-state index < -0.39 is 6.29 Å². The van der Waals surface area contributed by atoms with Gasteiger partial charge in [0, 0.05) is 19.6 Å². The molecule has 1 heterocycles. The third-order valence-electron chi connectivity index (χ3n) is 5.18. The van der Waals surface area contributed by atoms with Gasteiger partial charge in [-0.1, -0.05) is 36.8 Å². The van der Waals surface area contributed by atoms with Crippen molar-refractivity contribution in [3.8, 4) is 0 Å². The van der Waals surface area contributed by atoms with Gasteiger partial charge in [0.1, 0.15) is 5.76 Å². The zero-order valence-corrected chi connectivity index (χ0v) is 14.9. The average Bonchev–Trinajstić information content (AvgIpc) is 2.97. The lowest BCUT2D eigenvalue weighted by Gasteiger charge is -2.33. The molecule has 0 saturated heterocycles. The molecule has 0 fully saturated rings. The van der Waals surface area contributed by atoms with Crippen LogP contribution in [0.5, 0.6) is 0 Å². The fourth-order valence-corrected chi connectivity index (χ4v) is 3.76. The zero-order valence-electron chi connectivity index (χ0n) is 14.9. The molecule has 4 heteroatoms. The number of allylic oxidation sites excluding steroid dienone is 3. The van der Waals surface area contributed by atoms with Crippen molar-refractivity contribution in [3.63, 3.8) is 0 Å². The topological polar surface area (TPSA) is 41.9 Å². The van der Waals surface area contributed by atoms with Crippen LogP contribution in [0.15, 0.2) is 59.1 Å².